The van der Waals surface area contributed by atoms with Crippen LogP contribution in [-0.4, -0.2) is 35.0 Å². The Kier molecular flexibility index (Phi) is 5.11. The van der Waals surface area contributed by atoms with Crippen LogP contribution in [0.2, 0.25) is 0 Å². The molecule has 0 unspecified atom stereocenters. The van der Waals surface area contributed by atoms with Gasteiger partial charge in [0, 0.05) is 23.5 Å². The van der Waals surface area contributed by atoms with Gasteiger partial charge in [0.2, 0.25) is 0 Å². The number of halogens is 1. The lowest BCUT2D eigenvalue weighted by molar-refractivity contribution is -0.224. The number of esters is 2. The van der Waals surface area contributed by atoms with Crippen LogP contribution in [0.25, 0.3) is 0 Å². The Labute approximate surface area is 145 Å². The molecule has 23 heavy (non-hydrogen) atoms. The van der Waals surface area contributed by atoms with Crippen molar-refractivity contribution in [3.63, 3.8) is 0 Å². The summed E-state index contributed by atoms with van der Waals surface area (Å²) in [6.45, 7) is 0.673. The van der Waals surface area contributed by atoms with E-state index in [4.69, 9.17) is 14.2 Å². The van der Waals surface area contributed by atoms with E-state index < -0.39 is 38.5 Å². The van der Waals surface area contributed by atoms with Crippen molar-refractivity contribution in [3.8, 4) is 0 Å². The van der Waals surface area contributed by atoms with Gasteiger partial charge in [0.15, 0.2) is 3.51 Å². The summed E-state index contributed by atoms with van der Waals surface area (Å²) in [6, 6.07) is 7.94. The number of carbonyl (C=O) groups excluding carboxylic acids is 2. The standard InChI is InChI=1S/C17H19IO5/c1-21-11-8-12-4-6-13(7-5-12)18-14-15(19)22-17(23-16(14)20)9-2-3-10-17/h4-7H,2-3,8-11H2,1H3. The second-order valence-corrected chi connectivity index (χ2v) is 8.54. The molecule has 2 fully saturated rings. The van der Waals surface area contributed by atoms with Crippen LogP contribution < -0.4 is 0 Å². The normalized spacial score (nSPS) is 19.8. The van der Waals surface area contributed by atoms with Crippen molar-refractivity contribution in [1.82, 2.24) is 0 Å². The van der Waals surface area contributed by atoms with Crippen molar-refractivity contribution < 1.29 is 23.8 Å². The van der Waals surface area contributed by atoms with Crippen LogP contribution >= 0.6 is 20.7 Å². The van der Waals surface area contributed by atoms with Crippen LogP contribution in [0.4, 0.5) is 0 Å². The molecule has 0 N–H and O–H groups in total. The number of hydrogen-bond donors (Lipinski definition) is 0. The molecule has 1 saturated heterocycles. The molecule has 1 heterocycles. The van der Waals surface area contributed by atoms with Gasteiger partial charge >= 0.3 is 11.9 Å². The number of rotatable bonds is 4. The van der Waals surface area contributed by atoms with E-state index in [1.54, 1.807) is 7.11 Å². The summed E-state index contributed by atoms with van der Waals surface area (Å²) >= 11 is -0.897. The van der Waals surface area contributed by atoms with E-state index in [-0.39, 0.29) is 3.51 Å². The van der Waals surface area contributed by atoms with Gasteiger partial charge in [-0.1, -0.05) is 32.9 Å². The summed E-state index contributed by atoms with van der Waals surface area (Å²) in [4.78, 5) is 24.5. The first-order chi connectivity index (χ1) is 11.1. The Morgan fingerprint density at radius 1 is 1.09 bits per heavy atom. The van der Waals surface area contributed by atoms with Gasteiger partial charge in [0.1, 0.15) is 0 Å². The topological polar surface area (TPSA) is 61.8 Å². The van der Waals surface area contributed by atoms with E-state index in [2.05, 4.69) is 0 Å². The number of ether oxygens (including phenoxy) is 3. The van der Waals surface area contributed by atoms with Gasteiger partial charge in [0.25, 0.3) is 5.79 Å². The maximum Gasteiger partial charge on any atom is 0.354 e. The molecule has 1 spiro atoms. The fraction of sp³-hybridized carbons (Fsp3) is 0.471. The third-order valence-electron chi connectivity index (χ3n) is 3.99. The molecule has 6 heteroatoms. The first-order valence-electron chi connectivity index (χ1n) is 7.68. The first-order valence-corrected chi connectivity index (χ1v) is 9.84. The maximum absolute atomic E-state index is 12.2. The minimum atomic E-state index is -0.981. The Morgan fingerprint density at radius 2 is 1.70 bits per heavy atom. The zero-order valence-electron chi connectivity index (χ0n) is 13.0. The van der Waals surface area contributed by atoms with Crippen LogP contribution in [0.15, 0.2) is 24.3 Å². The highest BCUT2D eigenvalue weighted by Gasteiger charge is 2.48. The first kappa shape index (κ1) is 16.6. The number of carbonyl (C=O) groups is 2. The zero-order valence-corrected chi connectivity index (χ0v) is 15.1. The van der Waals surface area contributed by atoms with Crippen LogP contribution in [0.1, 0.15) is 31.2 Å². The lowest BCUT2D eigenvalue weighted by atomic mass is 10.2. The van der Waals surface area contributed by atoms with Crippen molar-refractivity contribution in [2.45, 2.75) is 37.9 Å². The summed E-state index contributed by atoms with van der Waals surface area (Å²) in [7, 11) is 1.67. The Morgan fingerprint density at radius 3 is 2.26 bits per heavy atom. The van der Waals surface area contributed by atoms with E-state index in [0.29, 0.717) is 19.4 Å². The minimum absolute atomic E-state index is 0.186. The predicted molar refractivity (Wildman–Crippen MR) is 93.1 cm³/mol. The highest BCUT2D eigenvalue weighted by molar-refractivity contribution is 14.2. The van der Waals surface area contributed by atoms with E-state index in [0.717, 1.165) is 22.8 Å². The van der Waals surface area contributed by atoms with Crippen molar-refractivity contribution in [2.24, 2.45) is 0 Å². The van der Waals surface area contributed by atoms with Crippen LogP contribution in [0.5, 0.6) is 0 Å². The van der Waals surface area contributed by atoms with Crippen molar-refractivity contribution in [2.75, 3.05) is 13.7 Å². The molecule has 0 radical (unpaired) electrons. The average Bonchev–Trinajstić information content (AvgIpc) is 2.98. The summed E-state index contributed by atoms with van der Waals surface area (Å²) in [5.41, 5.74) is 1.17. The monoisotopic (exact) mass is 430 g/mol. The fourth-order valence-electron chi connectivity index (χ4n) is 2.77. The molecule has 2 aliphatic rings. The lowest BCUT2D eigenvalue weighted by Gasteiger charge is -2.32. The summed E-state index contributed by atoms with van der Waals surface area (Å²) < 4.78 is 17.2. The molecule has 1 saturated carbocycles. The van der Waals surface area contributed by atoms with E-state index in [1.807, 2.05) is 24.3 Å². The molecule has 1 aromatic rings. The lowest BCUT2D eigenvalue weighted by Crippen LogP contribution is -2.48. The molecule has 0 bridgehead atoms. The van der Waals surface area contributed by atoms with Crippen LogP contribution in [0, 0.1) is 3.57 Å². The fourth-order valence-corrected chi connectivity index (χ4v) is 4.77. The highest BCUT2D eigenvalue weighted by atomic mass is 127. The smallest absolute Gasteiger partial charge is 0.354 e. The molecular weight excluding hydrogens is 411 g/mol. The van der Waals surface area contributed by atoms with E-state index in [1.165, 1.54) is 5.56 Å². The third-order valence-corrected chi connectivity index (χ3v) is 6.76. The number of benzene rings is 1. The molecule has 1 aliphatic heterocycles. The van der Waals surface area contributed by atoms with Gasteiger partial charge in [-0.05, 0) is 37.0 Å². The molecule has 1 aliphatic carbocycles. The van der Waals surface area contributed by atoms with Gasteiger partial charge in [-0.25, -0.2) is 9.59 Å². The van der Waals surface area contributed by atoms with E-state index in [9.17, 15) is 9.59 Å². The molecular formula is C17H19IO5. The van der Waals surface area contributed by atoms with Gasteiger partial charge in [-0.15, -0.1) is 0 Å². The summed E-state index contributed by atoms with van der Waals surface area (Å²) in [6.07, 6.45) is 3.93. The highest BCUT2D eigenvalue weighted by Crippen LogP contribution is 2.37. The average molecular weight is 430 g/mol. The van der Waals surface area contributed by atoms with Gasteiger partial charge in [0.05, 0.1) is 6.61 Å². The maximum atomic E-state index is 12.2. The second-order valence-electron chi connectivity index (χ2n) is 5.67. The van der Waals surface area contributed by atoms with Gasteiger partial charge in [-0.2, -0.15) is 0 Å². The summed E-state index contributed by atoms with van der Waals surface area (Å²) in [5, 5.41) is 0. The number of methoxy groups -OCH3 is 1. The third kappa shape index (κ3) is 3.80. The molecule has 124 valence electrons. The van der Waals surface area contributed by atoms with Crippen molar-refractivity contribution in [1.29, 1.82) is 0 Å². The predicted octanol–water partition coefficient (Wildman–Crippen LogP) is 2.56. The number of hydrogen-bond acceptors (Lipinski definition) is 5. The quantitative estimate of drug-likeness (QED) is 0.543. The Hall–Kier alpha value is -1.28. The molecule has 5 nitrogen and oxygen atoms in total. The SMILES string of the molecule is COCCc1ccc(I=C2C(=O)OC3(CCCC3)OC2=O)cc1. The van der Waals surface area contributed by atoms with Crippen molar-refractivity contribution >= 4 is 36.2 Å². The molecule has 0 aromatic heterocycles. The zero-order chi connectivity index (χ0) is 16.3. The van der Waals surface area contributed by atoms with Gasteiger partial charge < -0.3 is 14.2 Å². The Bertz CT molecular complexity index is 607. The largest absolute Gasteiger partial charge is 0.418 e. The molecule has 0 atom stereocenters. The molecule has 3 rings (SSSR count). The van der Waals surface area contributed by atoms with E-state index >= 15 is 0 Å². The Balaban J connectivity index is 1.74. The van der Waals surface area contributed by atoms with Gasteiger partial charge in [-0.3, -0.25) is 0 Å². The minimum Gasteiger partial charge on any atom is -0.418 e. The van der Waals surface area contributed by atoms with Crippen LogP contribution in [0.3, 0.4) is 0 Å². The summed E-state index contributed by atoms with van der Waals surface area (Å²) in [5.74, 6) is -1.95. The van der Waals surface area contributed by atoms with Crippen LogP contribution in [-0.2, 0) is 30.2 Å². The second kappa shape index (κ2) is 7.09. The molecule has 0 amide bonds. The van der Waals surface area contributed by atoms with Crippen molar-refractivity contribution in [3.05, 3.63) is 33.4 Å². The molecule has 1 aromatic carbocycles.